The van der Waals surface area contributed by atoms with Crippen LogP contribution in [-0.4, -0.2) is 11.3 Å². The first kappa shape index (κ1) is 18.0. The van der Waals surface area contributed by atoms with Crippen molar-refractivity contribution < 1.29 is 22.7 Å². The Bertz CT molecular complexity index is 840. The van der Waals surface area contributed by atoms with Gasteiger partial charge in [0.15, 0.2) is 0 Å². The maximum absolute atomic E-state index is 14.1. The fraction of sp³-hybridized carbons (Fsp3) is 0.143. The molecule has 3 rings (SSSR count). The first-order valence-corrected chi connectivity index (χ1v) is 8.02. The molecule has 26 heavy (non-hydrogen) atoms. The molecule has 134 valence electrons. The van der Waals surface area contributed by atoms with Crippen molar-refractivity contribution in [1.82, 2.24) is 0 Å². The van der Waals surface area contributed by atoms with Gasteiger partial charge in [0.1, 0.15) is 11.6 Å². The Morgan fingerprint density at radius 2 is 1.15 bits per heavy atom. The van der Waals surface area contributed by atoms with Gasteiger partial charge in [0.2, 0.25) is 0 Å². The number of phenols is 1. The Hall–Kier alpha value is -2.82. The molecule has 3 aromatic rings. The first-order chi connectivity index (χ1) is 12.4. The molecule has 0 aliphatic carbocycles. The molecule has 0 spiro atoms. The van der Waals surface area contributed by atoms with Crippen LogP contribution in [-0.2, 0) is 0 Å². The second-order valence-corrected chi connectivity index (χ2v) is 6.05. The zero-order valence-electron chi connectivity index (χ0n) is 13.6. The maximum atomic E-state index is 14.1. The Morgan fingerprint density at radius 3 is 1.69 bits per heavy atom. The second-order valence-electron chi connectivity index (χ2n) is 6.05. The van der Waals surface area contributed by atoms with Crippen molar-refractivity contribution in [2.24, 2.45) is 0 Å². The molecule has 1 N–H and O–H groups in total. The molecule has 3 aromatic carbocycles. The van der Waals surface area contributed by atoms with Gasteiger partial charge in [-0.2, -0.15) is 13.2 Å². The van der Waals surface area contributed by atoms with Crippen LogP contribution < -0.4 is 0 Å². The molecule has 0 saturated heterocycles. The molecular weight excluding hydrogens is 344 g/mol. The SMILES string of the molecule is Oc1ccc(C(C(c2ccccc2)c2ccc(F)cc2)C(F)(F)F)cc1. The molecular formula is C21H16F4O. The van der Waals surface area contributed by atoms with Crippen molar-refractivity contribution in [2.75, 3.05) is 0 Å². The number of hydrogen-bond donors (Lipinski definition) is 1. The zero-order chi connectivity index (χ0) is 18.7. The molecule has 0 radical (unpaired) electrons. The highest BCUT2D eigenvalue weighted by Gasteiger charge is 2.46. The highest BCUT2D eigenvalue weighted by atomic mass is 19.4. The lowest BCUT2D eigenvalue weighted by atomic mass is 9.76. The van der Waals surface area contributed by atoms with Gasteiger partial charge in [-0.25, -0.2) is 4.39 Å². The van der Waals surface area contributed by atoms with Gasteiger partial charge in [0.25, 0.3) is 0 Å². The van der Waals surface area contributed by atoms with E-state index in [-0.39, 0.29) is 11.3 Å². The standard InChI is InChI=1S/C21H16F4O/c22-17-10-6-15(7-11-17)19(14-4-2-1-3-5-14)20(21(23,24)25)16-8-12-18(26)13-9-16/h1-13,19-20,26H. The summed E-state index contributed by atoms with van der Waals surface area (Å²) in [7, 11) is 0. The largest absolute Gasteiger partial charge is 0.508 e. The van der Waals surface area contributed by atoms with Crippen LogP contribution in [0.1, 0.15) is 28.5 Å². The van der Waals surface area contributed by atoms with E-state index in [1.165, 1.54) is 36.4 Å². The third-order valence-corrected chi connectivity index (χ3v) is 4.33. The van der Waals surface area contributed by atoms with Gasteiger partial charge >= 0.3 is 6.18 Å². The minimum Gasteiger partial charge on any atom is -0.508 e. The number of aromatic hydroxyl groups is 1. The van der Waals surface area contributed by atoms with E-state index in [2.05, 4.69) is 0 Å². The fourth-order valence-corrected chi connectivity index (χ4v) is 3.16. The summed E-state index contributed by atoms with van der Waals surface area (Å²) in [6, 6.07) is 18.5. The lowest BCUT2D eigenvalue weighted by Crippen LogP contribution is -2.28. The quantitative estimate of drug-likeness (QED) is 0.565. The van der Waals surface area contributed by atoms with Crippen LogP contribution in [0.15, 0.2) is 78.9 Å². The van der Waals surface area contributed by atoms with Gasteiger partial charge in [-0.3, -0.25) is 0 Å². The third kappa shape index (κ3) is 3.87. The van der Waals surface area contributed by atoms with Crippen LogP contribution in [0.3, 0.4) is 0 Å². The fourth-order valence-electron chi connectivity index (χ4n) is 3.16. The zero-order valence-corrected chi connectivity index (χ0v) is 13.6. The molecule has 0 fully saturated rings. The summed E-state index contributed by atoms with van der Waals surface area (Å²) >= 11 is 0. The minimum atomic E-state index is -4.54. The number of halogens is 4. The molecule has 0 bridgehead atoms. The van der Waals surface area contributed by atoms with Crippen molar-refractivity contribution in [3.05, 3.63) is 101 Å². The predicted octanol–water partition coefficient (Wildman–Crippen LogP) is 6.01. The number of hydrogen-bond acceptors (Lipinski definition) is 1. The molecule has 0 aliphatic heterocycles. The summed E-state index contributed by atoms with van der Waals surface area (Å²) in [4.78, 5) is 0. The smallest absolute Gasteiger partial charge is 0.396 e. The van der Waals surface area contributed by atoms with E-state index in [1.807, 2.05) is 0 Å². The highest BCUT2D eigenvalue weighted by Crippen LogP contribution is 2.48. The van der Waals surface area contributed by atoms with Crippen molar-refractivity contribution >= 4 is 0 Å². The van der Waals surface area contributed by atoms with Crippen molar-refractivity contribution in [3.63, 3.8) is 0 Å². The summed E-state index contributed by atoms with van der Waals surface area (Å²) in [6.45, 7) is 0. The van der Waals surface area contributed by atoms with E-state index in [0.717, 1.165) is 12.1 Å². The van der Waals surface area contributed by atoms with Crippen LogP contribution in [0.4, 0.5) is 17.6 Å². The van der Waals surface area contributed by atoms with Gasteiger partial charge in [0.05, 0.1) is 5.92 Å². The molecule has 5 heteroatoms. The van der Waals surface area contributed by atoms with Crippen LogP contribution in [0.25, 0.3) is 0 Å². The van der Waals surface area contributed by atoms with Crippen LogP contribution >= 0.6 is 0 Å². The summed E-state index contributed by atoms with van der Waals surface area (Å²) in [5, 5.41) is 9.42. The normalized spacial score (nSPS) is 14.0. The van der Waals surface area contributed by atoms with Crippen LogP contribution in [0, 0.1) is 5.82 Å². The van der Waals surface area contributed by atoms with Crippen molar-refractivity contribution in [3.8, 4) is 5.75 Å². The van der Waals surface area contributed by atoms with Crippen molar-refractivity contribution in [2.45, 2.75) is 18.0 Å². The number of benzene rings is 3. The Morgan fingerprint density at radius 1 is 0.654 bits per heavy atom. The van der Waals surface area contributed by atoms with E-state index in [1.54, 1.807) is 30.3 Å². The summed E-state index contributed by atoms with van der Waals surface area (Å²) in [5.74, 6) is -3.49. The third-order valence-electron chi connectivity index (χ3n) is 4.33. The van der Waals surface area contributed by atoms with Gasteiger partial charge in [0, 0.05) is 5.92 Å². The monoisotopic (exact) mass is 360 g/mol. The summed E-state index contributed by atoms with van der Waals surface area (Å²) in [5.41, 5.74) is 0.885. The van der Waals surface area contributed by atoms with E-state index >= 15 is 0 Å². The highest BCUT2D eigenvalue weighted by molar-refractivity contribution is 5.40. The lowest BCUT2D eigenvalue weighted by molar-refractivity contribution is -0.153. The van der Waals surface area contributed by atoms with E-state index < -0.39 is 23.8 Å². The minimum absolute atomic E-state index is 0.0356. The van der Waals surface area contributed by atoms with Gasteiger partial charge < -0.3 is 5.11 Å². The number of phenolic OH excluding ortho intramolecular Hbond substituents is 1. The summed E-state index contributed by atoms with van der Waals surface area (Å²) < 4.78 is 55.5. The molecule has 0 aliphatic rings. The van der Waals surface area contributed by atoms with Crippen LogP contribution in [0.5, 0.6) is 5.75 Å². The van der Waals surface area contributed by atoms with Gasteiger partial charge in [-0.1, -0.05) is 54.6 Å². The topological polar surface area (TPSA) is 20.2 Å². The predicted molar refractivity (Wildman–Crippen MR) is 91.6 cm³/mol. The van der Waals surface area contributed by atoms with Crippen molar-refractivity contribution in [1.29, 1.82) is 0 Å². The lowest BCUT2D eigenvalue weighted by Gasteiger charge is -2.30. The average Bonchev–Trinajstić information content (AvgIpc) is 2.61. The van der Waals surface area contributed by atoms with E-state index in [9.17, 15) is 22.7 Å². The number of alkyl halides is 3. The Balaban J connectivity index is 2.19. The molecule has 2 unspecified atom stereocenters. The van der Waals surface area contributed by atoms with Gasteiger partial charge in [-0.05, 0) is 41.0 Å². The molecule has 0 heterocycles. The molecule has 1 nitrogen and oxygen atoms in total. The Labute approximate surface area is 148 Å². The molecule has 2 atom stereocenters. The van der Waals surface area contributed by atoms with E-state index in [4.69, 9.17) is 0 Å². The maximum Gasteiger partial charge on any atom is 0.396 e. The van der Waals surface area contributed by atoms with E-state index in [0.29, 0.717) is 11.1 Å². The second kappa shape index (κ2) is 7.20. The van der Waals surface area contributed by atoms with Crippen LogP contribution in [0.2, 0.25) is 0 Å². The summed E-state index contributed by atoms with van der Waals surface area (Å²) in [6.07, 6.45) is -4.54. The number of rotatable bonds is 4. The molecule has 0 amide bonds. The molecule has 0 aromatic heterocycles. The first-order valence-electron chi connectivity index (χ1n) is 8.02. The Kier molecular flexibility index (Phi) is 4.98. The van der Waals surface area contributed by atoms with Gasteiger partial charge in [-0.15, -0.1) is 0 Å². The average molecular weight is 360 g/mol. The molecule has 0 saturated carbocycles.